The summed E-state index contributed by atoms with van der Waals surface area (Å²) < 4.78 is 1.51. The van der Waals surface area contributed by atoms with Gasteiger partial charge in [-0.2, -0.15) is 5.10 Å². The Morgan fingerprint density at radius 3 is 2.32 bits per heavy atom. The number of benzene rings is 1. The zero-order valence-electron chi connectivity index (χ0n) is 11.0. The fourth-order valence-corrected chi connectivity index (χ4v) is 2.06. The number of aromatic nitrogens is 2. The van der Waals surface area contributed by atoms with E-state index in [2.05, 4.69) is 5.10 Å². The topological polar surface area (TPSA) is 72.2 Å². The number of aromatic carboxylic acids is 1. The maximum atomic E-state index is 11.6. The predicted octanol–water partition coefficient (Wildman–Crippen LogP) is 1.86. The third kappa shape index (κ3) is 2.27. The molecule has 0 aliphatic rings. The summed E-state index contributed by atoms with van der Waals surface area (Å²) in [6, 6.07) is 7.05. The normalized spacial score (nSPS) is 10.5. The summed E-state index contributed by atoms with van der Waals surface area (Å²) in [4.78, 5) is 22.6. The van der Waals surface area contributed by atoms with Crippen molar-refractivity contribution in [2.45, 2.75) is 20.8 Å². The minimum Gasteiger partial charge on any atom is -0.476 e. The molecule has 0 aliphatic heterocycles. The van der Waals surface area contributed by atoms with E-state index in [9.17, 15) is 9.59 Å². The zero-order chi connectivity index (χ0) is 14.2. The van der Waals surface area contributed by atoms with Gasteiger partial charge in [0.15, 0.2) is 0 Å². The Bertz CT molecular complexity index is 697. The summed E-state index contributed by atoms with van der Waals surface area (Å²) in [5.41, 5.74) is 2.31. The Kier molecular flexibility index (Phi) is 3.21. The molecule has 98 valence electrons. The standard InChI is InChI=1S/C14H14N2O3/c1-8-5-4-6-9(2)13(8)16-10(3)7-11(17)12(15-16)14(18)19/h4-7H,1-3H3,(H,18,19). The molecule has 0 saturated carbocycles. The first-order valence-corrected chi connectivity index (χ1v) is 5.82. The molecule has 0 unspecified atom stereocenters. The molecule has 0 radical (unpaired) electrons. The van der Waals surface area contributed by atoms with Crippen LogP contribution >= 0.6 is 0 Å². The molecule has 0 atom stereocenters. The molecular formula is C14H14N2O3. The van der Waals surface area contributed by atoms with Crippen molar-refractivity contribution >= 4 is 5.97 Å². The fraction of sp³-hybridized carbons (Fsp3) is 0.214. The van der Waals surface area contributed by atoms with Crippen LogP contribution < -0.4 is 5.43 Å². The quantitative estimate of drug-likeness (QED) is 0.892. The molecule has 1 aromatic heterocycles. The lowest BCUT2D eigenvalue weighted by Crippen LogP contribution is -2.23. The van der Waals surface area contributed by atoms with E-state index in [0.717, 1.165) is 16.8 Å². The molecule has 1 N–H and O–H groups in total. The van der Waals surface area contributed by atoms with E-state index in [0.29, 0.717) is 5.69 Å². The SMILES string of the molecule is Cc1cccc(C)c1-n1nc(C(=O)O)c(=O)cc1C. The Morgan fingerprint density at radius 2 is 1.79 bits per heavy atom. The van der Waals surface area contributed by atoms with Crippen LogP contribution in [0.2, 0.25) is 0 Å². The number of carboxylic acids is 1. The molecule has 1 aromatic carbocycles. The van der Waals surface area contributed by atoms with Crippen molar-refractivity contribution in [2.24, 2.45) is 0 Å². The van der Waals surface area contributed by atoms with Crippen molar-refractivity contribution in [3.05, 3.63) is 57.0 Å². The summed E-state index contributed by atoms with van der Waals surface area (Å²) in [5, 5.41) is 13.0. The lowest BCUT2D eigenvalue weighted by atomic mass is 10.1. The molecule has 5 nitrogen and oxygen atoms in total. The van der Waals surface area contributed by atoms with Crippen LogP contribution in [0.25, 0.3) is 5.69 Å². The highest BCUT2D eigenvalue weighted by molar-refractivity contribution is 5.85. The molecule has 0 spiro atoms. The second-order valence-electron chi connectivity index (χ2n) is 4.46. The lowest BCUT2D eigenvalue weighted by Gasteiger charge is -2.15. The highest BCUT2D eigenvalue weighted by Gasteiger charge is 2.15. The smallest absolute Gasteiger partial charge is 0.360 e. The number of aryl methyl sites for hydroxylation is 3. The van der Waals surface area contributed by atoms with Gasteiger partial charge in [0.05, 0.1) is 5.69 Å². The van der Waals surface area contributed by atoms with Gasteiger partial charge in [0.25, 0.3) is 0 Å². The van der Waals surface area contributed by atoms with Crippen LogP contribution in [-0.4, -0.2) is 20.9 Å². The van der Waals surface area contributed by atoms with Crippen LogP contribution in [0.1, 0.15) is 27.3 Å². The molecule has 0 bridgehead atoms. The third-order valence-electron chi connectivity index (χ3n) is 2.96. The molecule has 2 aromatic rings. The highest BCUT2D eigenvalue weighted by Crippen LogP contribution is 2.18. The van der Waals surface area contributed by atoms with E-state index < -0.39 is 17.1 Å². The second-order valence-corrected chi connectivity index (χ2v) is 4.46. The second kappa shape index (κ2) is 4.68. The van der Waals surface area contributed by atoms with Crippen molar-refractivity contribution in [3.8, 4) is 5.69 Å². The first-order valence-electron chi connectivity index (χ1n) is 5.82. The summed E-state index contributed by atoms with van der Waals surface area (Å²) in [6.45, 7) is 5.57. The zero-order valence-corrected chi connectivity index (χ0v) is 11.0. The Hall–Kier alpha value is -2.43. The number of nitrogens with zero attached hydrogens (tertiary/aromatic N) is 2. The van der Waals surface area contributed by atoms with Gasteiger partial charge >= 0.3 is 5.97 Å². The van der Waals surface area contributed by atoms with E-state index in [1.807, 2.05) is 32.0 Å². The largest absolute Gasteiger partial charge is 0.476 e. The molecule has 0 saturated heterocycles. The van der Waals surface area contributed by atoms with Crippen molar-refractivity contribution in [3.63, 3.8) is 0 Å². The minimum absolute atomic E-state index is 0.465. The van der Waals surface area contributed by atoms with Gasteiger partial charge in [0.1, 0.15) is 0 Å². The number of hydrogen-bond donors (Lipinski definition) is 1. The molecular weight excluding hydrogens is 244 g/mol. The number of carboxylic acid groups (broad SMARTS) is 1. The van der Waals surface area contributed by atoms with Crippen LogP contribution in [0.3, 0.4) is 0 Å². The van der Waals surface area contributed by atoms with Crippen LogP contribution in [0.4, 0.5) is 0 Å². The molecule has 0 aliphatic carbocycles. The summed E-state index contributed by atoms with van der Waals surface area (Å²) in [6.07, 6.45) is 0. The highest BCUT2D eigenvalue weighted by atomic mass is 16.4. The van der Waals surface area contributed by atoms with Crippen LogP contribution in [-0.2, 0) is 0 Å². The van der Waals surface area contributed by atoms with E-state index >= 15 is 0 Å². The lowest BCUT2D eigenvalue weighted by molar-refractivity contribution is 0.0686. The molecule has 19 heavy (non-hydrogen) atoms. The van der Waals surface area contributed by atoms with Gasteiger partial charge in [-0.25, -0.2) is 9.48 Å². The number of rotatable bonds is 2. The molecule has 5 heteroatoms. The summed E-state index contributed by atoms with van der Waals surface area (Å²) >= 11 is 0. The van der Waals surface area contributed by atoms with E-state index in [1.54, 1.807) is 6.92 Å². The minimum atomic E-state index is -1.31. The van der Waals surface area contributed by atoms with Gasteiger partial charge in [0, 0.05) is 11.8 Å². The van der Waals surface area contributed by atoms with Crippen molar-refractivity contribution < 1.29 is 9.90 Å². The average molecular weight is 258 g/mol. The van der Waals surface area contributed by atoms with Crippen molar-refractivity contribution in [2.75, 3.05) is 0 Å². The van der Waals surface area contributed by atoms with Crippen LogP contribution in [0.15, 0.2) is 29.1 Å². The monoisotopic (exact) mass is 258 g/mol. The molecule has 1 heterocycles. The Balaban J connectivity index is 2.80. The van der Waals surface area contributed by atoms with Crippen LogP contribution in [0.5, 0.6) is 0 Å². The fourth-order valence-electron chi connectivity index (χ4n) is 2.06. The summed E-state index contributed by atoms with van der Waals surface area (Å²) in [5.74, 6) is -1.31. The maximum absolute atomic E-state index is 11.6. The first-order chi connectivity index (χ1) is 8.91. The van der Waals surface area contributed by atoms with Gasteiger partial charge in [-0.15, -0.1) is 0 Å². The molecule has 0 fully saturated rings. The Labute approximate surface area is 110 Å². The number of para-hydroxylation sites is 1. The maximum Gasteiger partial charge on any atom is 0.360 e. The van der Waals surface area contributed by atoms with E-state index in [4.69, 9.17) is 5.11 Å². The van der Waals surface area contributed by atoms with Crippen LogP contribution in [0, 0.1) is 20.8 Å². The van der Waals surface area contributed by atoms with Gasteiger partial charge in [-0.3, -0.25) is 4.79 Å². The molecule has 0 amide bonds. The van der Waals surface area contributed by atoms with Gasteiger partial charge < -0.3 is 5.11 Å². The average Bonchev–Trinajstić information content (AvgIpc) is 2.30. The van der Waals surface area contributed by atoms with E-state index in [1.165, 1.54) is 10.7 Å². The van der Waals surface area contributed by atoms with Gasteiger partial charge in [0.2, 0.25) is 11.1 Å². The van der Waals surface area contributed by atoms with Gasteiger partial charge in [-0.05, 0) is 31.9 Å². The van der Waals surface area contributed by atoms with Crippen molar-refractivity contribution in [1.82, 2.24) is 9.78 Å². The third-order valence-corrected chi connectivity index (χ3v) is 2.96. The summed E-state index contributed by atoms with van der Waals surface area (Å²) in [7, 11) is 0. The number of hydrogen-bond acceptors (Lipinski definition) is 3. The molecule has 2 rings (SSSR count). The number of carbonyl (C=O) groups is 1. The van der Waals surface area contributed by atoms with Crippen molar-refractivity contribution in [1.29, 1.82) is 0 Å². The first kappa shape index (κ1) is 13.0. The predicted molar refractivity (Wildman–Crippen MR) is 71.0 cm³/mol. The van der Waals surface area contributed by atoms with Gasteiger partial charge in [-0.1, -0.05) is 18.2 Å². The Morgan fingerprint density at radius 1 is 1.21 bits per heavy atom. The van der Waals surface area contributed by atoms with E-state index in [-0.39, 0.29) is 0 Å².